The largest absolute Gasteiger partial charge is 0.480 e. The van der Waals surface area contributed by atoms with Gasteiger partial charge in [-0.25, -0.2) is 0 Å². The van der Waals surface area contributed by atoms with E-state index in [-0.39, 0.29) is 0 Å². The van der Waals surface area contributed by atoms with Gasteiger partial charge >= 0.3 is 5.97 Å². The van der Waals surface area contributed by atoms with Crippen LogP contribution in [0.2, 0.25) is 0 Å². The third-order valence-electron chi connectivity index (χ3n) is 5.58. The number of pyridine rings is 1. The molecule has 1 fully saturated rings. The van der Waals surface area contributed by atoms with Crippen molar-refractivity contribution in [3.63, 3.8) is 0 Å². The molecule has 3 heterocycles. The Morgan fingerprint density at radius 2 is 2.04 bits per heavy atom. The highest BCUT2D eigenvalue weighted by molar-refractivity contribution is 5.89. The molecule has 28 heavy (non-hydrogen) atoms. The van der Waals surface area contributed by atoms with Crippen LogP contribution in [0.1, 0.15) is 22.9 Å². The minimum absolute atomic E-state index is 0.617. The summed E-state index contributed by atoms with van der Waals surface area (Å²) < 4.78 is 0. The minimum Gasteiger partial charge on any atom is -0.480 e. The molecule has 4 rings (SSSR count). The van der Waals surface area contributed by atoms with Gasteiger partial charge in [0, 0.05) is 73.7 Å². The van der Waals surface area contributed by atoms with Gasteiger partial charge in [-0.1, -0.05) is 17.7 Å². The SMILES string of the molecule is Cc1ccc2[nH]cc(C(C(=O)O)N3CCN(CCc4ccccn4)CC3)c2c1. The van der Waals surface area contributed by atoms with Gasteiger partial charge < -0.3 is 15.0 Å². The number of aromatic amines is 1. The lowest BCUT2D eigenvalue weighted by molar-refractivity contribution is -0.144. The van der Waals surface area contributed by atoms with Gasteiger partial charge in [0.05, 0.1) is 0 Å². The fraction of sp³-hybridized carbons (Fsp3) is 0.364. The molecule has 6 heteroatoms. The third-order valence-corrected chi connectivity index (χ3v) is 5.58. The van der Waals surface area contributed by atoms with Crippen LogP contribution in [0.3, 0.4) is 0 Å². The molecule has 0 amide bonds. The first-order valence-corrected chi connectivity index (χ1v) is 9.78. The summed E-state index contributed by atoms with van der Waals surface area (Å²) in [5, 5.41) is 11.0. The molecule has 0 radical (unpaired) electrons. The Morgan fingerprint density at radius 3 is 2.75 bits per heavy atom. The normalized spacial score (nSPS) is 17.0. The van der Waals surface area contributed by atoms with Gasteiger partial charge in [0.15, 0.2) is 0 Å². The van der Waals surface area contributed by atoms with Crippen molar-refractivity contribution in [3.05, 3.63) is 65.6 Å². The first-order chi connectivity index (χ1) is 13.6. The zero-order valence-electron chi connectivity index (χ0n) is 16.1. The van der Waals surface area contributed by atoms with E-state index in [1.165, 1.54) is 0 Å². The predicted octanol–water partition coefficient (Wildman–Crippen LogP) is 2.86. The molecule has 3 aromatic rings. The average molecular weight is 378 g/mol. The first-order valence-electron chi connectivity index (χ1n) is 9.78. The topological polar surface area (TPSA) is 72.5 Å². The average Bonchev–Trinajstić information content (AvgIpc) is 3.11. The van der Waals surface area contributed by atoms with E-state index < -0.39 is 12.0 Å². The number of carbonyl (C=O) groups is 1. The standard InChI is InChI=1S/C22H26N4O2/c1-16-5-6-20-18(14-16)19(15-24-20)21(22(27)28)26-12-10-25(11-13-26)9-7-17-4-2-3-8-23-17/h2-6,8,14-15,21,24H,7,9-13H2,1H3,(H,27,28). The van der Waals surface area contributed by atoms with E-state index in [2.05, 4.69) is 31.9 Å². The molecule has 0 saturated carbocycles. The minimum atomic E-state index is -0.788. The fourth-order valence-corrected chi connectivity index (χ4v) is 4.03. The predicted molar refractivity (Wildman–Crippen MR) is 109 cm³/mol. The van der Waals surface area contributed by atoms with Gasteiger partial charge in [-0.3, -0.25) is 14.7 Å². The number of fused-ring (bicyclic) bond motifs is 1. The number of piperazine rings is 1. The summed E-state index contributed by atoms with van der Waals surface area (Å²) in [4.78, 5) is 24.2. The van der Waals surface area contributed by atoms with Crippen LogP contribution in [-0.4, -0.2) is 63.6 Å². The molecule has 2 N–H and O–H groups in total. The van der Waals surface area contributed by atoms with Gasteiger partial charge in [-0.2, -0.15) is 0 Å². The first kappa shape index (κ1) is 18.7. The van der Waals surface area contributed by atoms with E-state index >= 15 is 0 Å². The van der Waals surface area contributed by atoms with Crippen molar-refractivity contribution in [1.82, 2.24) is 19.8 Å². The van der Waals surface area contributed by atoms with Crippen LogP contribution < -0.4 is 0 Å². The maximum Gasteiger partial charge on any atom is 0.325 e. The van der Waals surface area contributed by atoms with E-state index in [0.717, 1.165) is 66.9 Å². The quantitative estimate of drug-likeness (QED) is 0.690. The van der Waals surface area contributed by atoms with Crippen molar-refractivity contribution in [1.29, 1.82) is 0 Å². The van der Waals surface area contributed by atoms with Crippen LogP contribution in [0.4, 0.5) is 0 Å². The lowest BCUT2D eigenvalue weighted by atomic mass is 10.0. The number of benzene rings is 1. The molecule has 1 aliphatic rings. The van der Waals surface area contributed by atoms with Crippen molar-refractivity contribution in [3.8, 4) is 0 Å². The van der Waals surface area contributed by atoms with Gasteiger partial charge in [-0.05, 0) is 31.2 Å². The van der Waals surface area contributed by atoms with Gasteiger partial charge in [-0.15, -0.1) is 0 Å². The lowest BCUT2D eigenvalue weighted by Crippen LogP contribution is -2.49. The Hall–Kier alpha value is -2.70. The number of hydrogen-bond acceptors (Lipinski definition) is 4. The lowest BCUT2D eigenvalue weighted by Gasteiger charge is -2.37. The Balaban J connectivity index is 1.44. The van der Waals surface area contributed by atoms with Crippen LogP contribution in [0.15, 0.2) is 48.8 Å². The molecule has 1 atom stereocenters. The van der Waals surface area contributed by atoms with Gasteiger partial charge in [0.1, 0.15) is 6.04 Å². The zero-order valence-corrected chi connectivity index (χ0v) is 16.1. The monoisotopic (exact) mass is 378 g/mol. The molecule has 1 saturated heterocycles. The summed E-state index contributed by atoms with van der Waals surface area (Å²) >= 11 is 0. The number of nitrogens with one attached hydrogen (secondary N) is 1. The third kappa shape index (κ3) is 3.93. The van der Waals surface area contributed by atoms with Crippen molar-refractivity contribution >= 4 is 16.9 Å². The highest BCUT2D eigenvalue weighted by Gasteiger charge is 2.32. The Kier molecular flexibility index (Phi) is 5.41. The molecule has 146 valence electrons. The zero-order chi connectivity index (χ0) is 19.5. The molecule has 6 nitrogen and oxygen atoms in total. The number of aliphatic carboxylic acids is 1. The van der Waals surface area contributed by atoms with Crippen LogP contribution in [0, 0.1) is 6.92 Å². The second-order valence-electron chi connectivity index (χ2n) is 7.48. The molecule has 1 aromatic carbocycles. The smallest absolute Gasteiger partial charge is 0.325 e. The fourth-order valence-electron chi connectivity index (χ4n) is 4.03. The van der Waals surface area contributed by atoms with E-state index in [1.807, 2.05) is 43.6 Å². The van der Waals surface area contributed by atoms with E-state index in [0.29, 0.717) is 0 Å². The van der Waals surface area contributed by atoms with E-state index in [9.17, 15) is 9.90 Å². The summed E-state index contributed by atoms with van der Waals surface area (Å²) in [5.41, 5.74) is 4.08. The Bertz CT molecular complexity index is 946. The molecule has 1 aliphatic heterocycles. The molecule has 0 bridgehead atoms. The van der Waals surface area contributed by atoms with Crippen LogP contribution >= 0.6 is 0 Å². The Morgan fingerprint density at radius 1 is 1.21 bits per heavy atom. The maximum absolute atomic E-state index is 12.1. The highest BCUT2D eigenvalue weighted by Crippen LogP contribution is 2.30. The highest BCUT2D eigenvalue weighted by atomic mass is 16.4. The van der Waals surface area contributed by atoms with Crippen LogP contribution in [-0.2, 0) is 11.2 Å². The number of carboxylic acids is 1. The van der Waals surface area contributed by atoms with Crippen molar-refractivity contribution in [2.75, 3.05) is 32.7 Å². The molecular formula is C22H26N4O2. The number of nitrogens with zero attached hydrogens (tertiary/aromatic N) is 3. The number of aromatic nitrogens is 2. The van der Waals surface area contributed by atoms with Crippen molar-refractivity contribution in [2.24, 2.45) is 0 Å². The number of rotatable bonds is 6. The molecule has 0 aliphatic carbocycles. The van der Waals surface area contributed by atoms with Crippen LogP contribution in [0.5, 0.6) is 0 Å². The summed E-state index contributed by atoms with van der Waals surface area (Å²) in [5.74, 6) is -0.788. The number of aryl methyl sites for hydroxylation is 1. The molecule has 2 aromatic heterocycles. The van der Waals surface area contributed by atoms with Crippen molar-refractivity contribution in [2.45, 2.75) is 19.4 Å². The number of H-pyrrole nitrogens is 1. The Labute approximate surface area is 164 Å². The number of carboxylic acid groups (broad SMARTS) is 1. The van der Waals surface area contributed by atoms with Crippen molar-refractivity contribution < 1.29 is 9.90 Å². The van der Waals surface area contributed by atoms with Crippen LogP contribution in [0.25, 0.3) is 10.9 Å². The second kappa shape index (κ2) is 8.12. The van der Waals surface area contributed by atoms with E-state index in [1.54, 1.807) is 0 Å². The summed E-state index contributed by atoms with van der Waals surface area (Å²) in [6, 6.07) is 11.5. The summed E-state index contributed by atoms with van der Waals surface area (Å²) in [6.45, 7) is 6.23. The maximum atomic E-state index is 12.1. The second-order valence-corrected chi connectivity index (χ2v) is 7.48. The number of hydrogen-bond donors (Lipinski definition) is 2. The van der Waals surface area contributed by atoms with E-state index in [4.69, 9.17) is 0 Å². The molecular weight excluding hydrogens is 352 g/mol. The van der Waals surface area contributed by atoms with Gasteiger partial charge in [0.25, 0.3) is 0 Å². The van der Waals surface area contributed by atoms with Gasteiger partial charge in [0.2, 0.25) is 0 Å². The molecule has 1 unspecified atom stereocenters. The molecule has 0 spiro atoms. The summed E-state index contributed by atoms with van der Waals surface area (Å²) in [7, 11) is 0. The summed E-state index contributed by atoms with van der Waals surface area (Å²) in [6.07, 6.45) is 4.61.